The Labute approximate surface area is 159 Å². The van der Waals surface area contributed by atoms with Crippen LogP contribution in [0.5, 0.6) is 5.75 Å². The van der Waals surface area contributed by atoms with Crippen LogP contribution in [0.15, 0.2) is 29.2 Å². The predicted molar refractivity (Wildman–Crippen MR) is 95.2 cm³/mol. The van der Waals surface area contributed by atoms with Gasteiger partial charge in [-0.3, -0.25) is 10.0 Å². The molecule has 0 aliphatic rings. The van der Waals surface area contributed by atoms with E-state index in [0.717, 1.165) is 4.31 Å². The van der Waals surface area contributed by atoms with Crippen LogP contribution in [-0.4, -0.2) is 84.2 Å². The lowest BCUT2D eigenvalue weighted by Gasteiger charge is -2.21. The van der Waals surface area contributed by atoms with Gasteiger partial charge in [-0.25, -0.2) is 13.9 Å². The first-order valence-corrected chi connectivity index (χ1v) is 9.61. The standard InChI is InChI=1S/C16H26N2O8S/c1-23-9-10-26-12-11-25-8-7-18(13-16(19)17-20)27(21,22)15-5-3-14(24-2)4-6-15/h3-6,20H,7-13H2,1-2H3,(H,17,19). The van der Waals surface area contributed by atoms with Crippen LogP contribution in [0.4, 0.5) is 0 Å². The Morgan fingerprint density at radius 1 is 1.04 bits per heavy atom. The Bertz CT molecular complexity index is 651. The molecule has 0 heterocycles. The van der Waals surface area contributed by atoms with Crippen molar-refractivity contribution in [2.24, 2.45) is 0 Å². The fraction of sp³-hybridized carbons (Fsp3) is 0.562. The third kappa shape index (κ3) is 8.20. The van der Waals surface area contributed by atoms with Gasteiger partial charge in [-0.15, -0.1) is 0 Å². The van der Waals surface area contributed by atoms with Gasteiger partial charge in [0.25, 0.3) is 5.91 Å². The summed E-state index contributed by atoms with van der Waals surface area (Å²) in [6.07, 6.45) is 0. The molecular formula is C16H26N2O8S. The van der Waals surface area contributed by atoms with Crippen molar-refractivity contribution in [1.29, 1.82) is 0 Å². The second-order valence-electron chi connectivity index (χ2n) is 5.27. The number of hydroxylamine groups is 1. The summed E-state index contributed by atoms with van der Waals surface area (Å²) >= 11 is 0. The van der Waals surface area contributed by atoms with Crippen molar-refractivity contribution in [3.8, 4) is 5.75 Å². The highest BCUT2D eigenvalue weighted by molar-refractivity contribution is 7.89. The SMILES string of the molecule is COCCOCCOCCN(CC(=O)NO)S(=O)(=O)c1ccc(OC)cc1. The number of carbonyl (C=O) groups excluding carboxylic acids is 1. The number of hydrogen-bond donors (Lipinski definition) is 2. The first-order valence-electron chi connectivity index (χ1n) is 8.17. The monoisotopic (exact) mass is 406 g/mol. The normalized spacial score (nSPS) is 11.6. The number of ether oxygens (including phenoxy) is 4. The Morgan fingerprint density at radius 3 is 2.19 bits per heavy atom. The maximum absolute atomic E-state index is 12.8. The second kappa shape index (κ2) is 12.6. The smallest absolute Gasteiger partial charge is 0.258 e. The first-order chi connectivity index (χ1) is 13.0. The molecule has 0 bridgehead atoms. The number of nitrogens with one attached hydrogen (secondary N) is 1. The highest BCUT2D eigenvalue weighted by Crippen LogP contribution is 2.19. The zero-order chi connectivity index (χ0) is 20.1. The summed E-state index contributed by atoms with van der Waals surface area (Å²) in [6.45, 7) is 0.969. The third-order valence-electron chi connectivity index (χ3n) is 3.43. The van der Waals surface area contributed by atoms with E-state index in [-0.39, 0.29) is 24.7 Å². The minimum absolute atomic E-state index is 0.00283. The van der Waals surface area contributed by atoms with Crippen LogP contribution in [-0.2, 0) is 29.0 Å². The average molecular weight is 406 g/mol. The molecule has 27 heavy (non-hydrogen) atoms. The highest BCUT2D eigenvalue weighted by atomic mass is 32.2. The van der Waals surface area contributed by atoms with Gasteiger partial charge in [0, 0.05) is 13.7 Å². The minimum atomic E-state index is -3.96. The number of methoxy groups -OCH3 is 2. The first kappa shape index (κ1) is 23.3. The van der Waals surface area contributed by atoms with E-state index in [0.29, 0.717) is 25.6 Å². The molecule has 2 N–H and O–H groups in total. The molecule has 11 heteroatoms. The van der Waals surface area contributed by atoms with Gasteiger partial charge >= 0.3 is 0 Å². The van der Waals surface area contributed by atoms with E-state index in [4.69, 9.17) is 24.2 Å². The van der Waals surface area contributed by atoms with Crippen LogP contribution in [0, 0.1) is 0 Å². The minimum Gasteiger partial charge on any atom is -0.497 e. The zero-order valence-corrected chi connectivity index (χ0v) is 16.2. The zero-order valence-electron chi connectivity index (χ0n) is 15.4. The Morgan fingerprint density at radius 2 is 1.63 bits per heavy atom. The fourth-order valence-electron chi connectivity index (χ4n) is 2.01. The molecule has 0 unspecified atom stereocenters. The quantitative estimate of drug-likeness (QED) is 0.249. The summed E-state index contributed by atoms with van der Waals surface area (Å²) in [7, 11) is -0.918. The molecule has 0 spiro atoms. The highest BCUT2D eigenvalue weighted by Gasteiger charge is 2.26. The maximum atomic E-state index is 12.8. The number of amides is 1. The Kier molecular flexibility index (Phi) is 10.9. The van der Waals surface area contributed by atoms with Gasteiger partial charge in [0.2, 0.25) is 10.0 Å². The van der Waals surface area contributed by atoms with Gasteiger partial charge < -0.3 is 18.9 Å². The molecule has 154 valence electrons. The molecule has 0 atom stereocenters. The maximum Gasteiger partial charge on any atom is 0.258 e. The van der Waals surface area contributed by atoms with Crippen LogP contribution >= 0.6 is 0 Å². The second-order valence-corrected chi connectivity index (χ2v) is 7.20. The van der Waals surface area contributed by atoms with Crippen LogP contribution in [0.25, 0.3) is 0 Å². The van der Waals surface area contributed by atoms with Gasteiger partial charge in [0.15, 0.2) is 0 Å². The summed E-state index contributed by atoms with van der Waals surface area (Å²) in [5.74, 6) is -0.347. The van der Waals surface area contributed by atoms with E-state index in [9.17, 15) is 13.2 Å². The topological polar surface area (TPSA) is 124 Å². The van der Waals surface area contributed by atoms with Crippen molar-refractivity contribution in [3.05, 3.63) is 24.3 Å². The molecule has 10 nitrogen and oxygen atoms in total. The van der Waals surface area contributed by atoms with E-state index in [1.807, 2.05) is 0 Å². The van der Waals surface area contributed by atoms with Crippen molar-refractivity contribution in [2.45, 2.75) is 4.90 Å². The van der Waals surface area contributed by atoms with E-state index < -0.39 is 22.5 Å². The summed E-state index contributed by atoms with van der Waals surface area (Å²) < 4.78 is 46.8. The number of hydrogen-bond acceptors (Lipinski definition) is 8. The lowest BCUT2D eigenvalue weighted by atomic mass is 10.3. The van der Waals surface area contributed by atoms with Crippen molar-refractivity contribution < 1.29 is 37.4 Å². The molecule has 0 saturated carbocycles. The third-order valence-corrected chi connectivity index (χ3v) is 5.29. The van der Waals surface area contributed by atoms with Gasteiger partial charge in [0.05, 0.1) is 51.6 Å². The Balaban J connectivity index is 2.65. The predicted octanol–water partition coefficient (Wildman–Crippen LogP) is -0.129. The molecule has 0 aromatic heterocycles. The Hall–Kier alpha value is -1.76. The summed E-state index contributed by atoms with van der Waals surface area (Å²) in [6, 6.07) is 5.76. The van der Waals surface area contributed by atoms with Crippen molar-refractivity contribution in [2.75, 3.05) is 60.3 Å². The van der Waals surface area contributed by atoms with Crippen molar-refractivity contribution in [1.82, 2.24) is 9.79 Å². The molecule has 0 radical (unpaired) electrons. The van der Waals surface area contributed by atoms with Crippen LogP contribution in [0.2, 0.25) is 0 Å². The molecule has 1 aromatic rings. The molecule has 0 aliphatic heterocycles. The van der Waals surface area contributed by atoms with Gasteiger partial charge in [-0.05, 0) is 24.3 Å². The summed E-state index contributed by atoms with van der Waals surface area (Å²) in [5, 5.41) is 8.71. The van der Waals surface area contributed by atoms with E-state index in [1.54, 1.807) is 7.11 Å². The number of rotatable bonds is 14. The molecule has 0 aliphatic carbocycles. The van der Waals surface area contributed by atoms with Crippen LogP contribution in [0.3, 0.4) is 0 Å². The lowest BCUT2D eigenvalue weighted by Crippen LogP contribution is -2.41. The van der Waals surface area contributed by atoms with Crippen molar-refractivity contribution >= 4 is 15.9 Å². The molecule has 1 amide bonds. The van der Waals surface area contributed by atoms with Crippen LogP contribution < -0.4 is 10.2 Å². The largest absolute Gasteiger partial charge is 0.497 e. The fourth-order valence-corrected chi connectivity index (χ4v) is 3.39. The molecule has 1 aromatic carbocycles. The van der Waals surface area contributed by atoms with Crippen LogP contribution in [0.1, 0.15) is 0 Å². The molecular weight excluding hydrogens is 380 g/mol. The number of benzene rings is 1. The van der Waals surface area contributed by atoms with Crippen molar-refractivity contribution in [3.63, 3.8) is 0 Å². The average Bonchev–Trinajstić information content (AvgIpc) is 2.68. The van der Waals surface area contributed by atoms with E-state index in [1.165, 1.54) is 36.9 Å². The van der Waals surface area contributed by atoms with Gasteiger partial charge in [0.1, 0.15) is 5.75 Å². The molecule has 0 fully saturated rings. The number of sulfonamides is 1. The summed E-state index contributed by atoms with van der Waals surface area (Å²) in [4.78, 5) is 11.5. The number of carbonyl (C=O) groups is 1. The van der Waals surface area contributed by atoms with Gasteiger partial charge in [-0.2, -0.15) is 4.31 Å². The lowest BCUT2D eigenvalue weighted by molar-refractivity contribution is -0.129. The van der Waals surface area contributed by atoms with E-state index in [2.05, 4.69) is 0 Å². The van der Waals surface area contributed by atoms with Gasteiger partial charge in [-0.1, -0.05) is 0 Å². The van der Waals surface area contributed by atoms with E-state index >= 15 is 0 Å². The number of nitrogens with zero attached hydrogens (tertiary/aromatic N) is 1. The molecule has 1 rings (SSSR count). The molecule has 0 saturated heterocycles. The summed E-state index contributed by atoms with van der Waals surface area (Å²) in [5.41, 5.74) is 1.43.